The summed E-state index contributed by atoms with van der Waals surface area (Å²) < 4.78 is 10.4. The van der Waals surface area contributed by atoms with Crippen molar-refractivity contribution in [2.45, 2.75) is 58.8 Å². The highest BCUT2D eigenvalue weighted by atomic mass is 16.7. The number of methoxy groups -OCH3 is 2. The summed E-state index contributed by atoms with van der Waals surface area (Å²) in [6.07, 6.45) is 0.761. The van der Waals surface area contributed by atoms with Gasteiger partial charge in [0.15, 0.2) is 6.29 Å². The van der Waals surface area contributed by atoms with Crippen molar-refractivity contribution in [1.29, 1.82) is 0 Å². The minimum absolute atomic E-state index is 0.00454. The third kappa shape index (κ3) is 4.67. The molecule has 1 atom stereocenters. The first-order chi connectivity index (χ1) is 8.35. The Kier molecular flexibility index (Phi) is 7.67. The quantitative estimate of drug-likeness (QED) is 0.647. The van der Waals surface area contributed by atoms with E-state index in [4.69, 9.17) is 9.47 Å². The van der Waals surface area contributed by atoms with Crippen LogP contribution in [0.2, 0.25) is 0 Å². The van der Waals surface area contributed by atoms with Crippen LogP contribution < -0.4 is 0 Å². The van der Waals surface area contributed by atoms with Crippen LogP contribution in [-0.2, 0) is 14.3 Å². The highest BCUT2D eigenvalue weighted by Gasteiger charge is 2.36. The van der Waals surface area contributed by atoms with E-state index in [1.54, 1.807) is 0 Å². The average molecular weight is 260 g/mol. The molecule has 1 unspecified atom stereocenters. The molecule has 0 aliphatic rings. The highest BCUT2D eigenvalue weighted by Crippen LogP contribution is 2.27. The van der Waals surface area contributed by atoms with E-state index < -0.39 is 11.9 Å². The number of rotatable bonds is 9. The molecule has 1 N–H and O–H groups in total. The summed E-state index contributed by atoms with van der Waals surface area (Å²) in [5.41, 5.74) is -0.906. The van der Waals surface area contributed by atoms with E-state index in [9.17, 15) is 9.90 Å². The smallest absolute Gasteiger partial charge is 0.166 e. The minimum Gasteiger partial charge on any atom is -0.389 e. The van der Waals surface area contributed by atoms with E-state index in [0.29, 0.717) is 12.8 Å². The van der Waals surface area contributed by atoms with Gasteiger partial charge in [0, 0.05) is 20.6 Å². The van der Waals surface area contributed by atoms with Gasteiger partial charge in [-0.05, 0) is 18.8 Å². The van der Waals surface area contributed by atoms with Crippen LogP contribution in [0.25, 0.3) is 0 Å². The molecule has 0 saturated heterocycles. The summed E-state index contributed by atoms with van der Waals surface area (Å²) in [7, 11) is 3.06. The van der Waals surface area contributed by atoms with Gasteiger partial charge >= 0.3 is 0 Å². The third-order valence-electron chi connectivity index (χ3n) is 3.67. The molecule has 4 nitrogen and oxygen atoms in total. The predicted molar refractivity (Wildman–Crippen MR) is 71.3 cm³/mol. The van der Waals surface area contributed by atoms with Gasteiger partial charge in [0.25, 0.3) is 0 Å². The van der Waals surface area contributed by atoms with Gasteiger partial charge in [-0.25, -0.2) is 0 Å². The Bertz CT molecular complexity index is 242. The molecular formula is C14H28O4. The average Bonchev–Trinajstić information content (AvgIpc) is 2.34. The van der Waals surface area contributed by atoms with E-state index in [1.165, 1.54) is 14.2 Å². The van der Waals surface area contributed by atoms with Gasteiger partial charge in [-0.1, -0.05) is 27.7 Å². The monoisotopic (exact) mass is 260 g/mol. The fraction of sp³-hybridized carbons (Fsp3) is 0.929. The van der Waals surface area contributed by atoms with Crippen LogP contribution in [0.15, 0.2) is 0 Å². The van der Waals surface area contributed by atoms with Gasteiger partial charge in [0.2, 0.25) is 0 Å². The maximum atomic E-state index is 12.4. The summed E-state index contributed by atoms with van der Waals surface area (Å²) in [6.45, 7) is 7.71. The summed E-state index contributed by atoms with van der Waals surface area (Å²) in [4.78, 5) is 12.4. The number of aliphatic hydroxyl groups is 1. The zero-order chi connectivity index (χ0) is 14.3. The second kappa shape index (κ2) is 7.87. The number of hydrogen-bond acceptors (Lipinski definition) is 4. The SMILES string of the molecule is CCC(O)(CC)CC(=O)C(C(C)C)C(OC)OC. The second-order valence-corrected chi connectivity index (χ2v) is 5.18. The normalized spacial score (nSPS) is 14.3. The molecule has 18 heavy (non-hydrogen) atoms. The Labute approximate surface area is 111 Å². The molecule has 0 aromatic heterocycles. The zero-order valence-electron chi connectivity index (χ0n) is 12.5. The Morgan fingerprint density at radius 1 is 1.17 bits per heavy atom. The standard InChI is InChI=1S/C14H28O4/c1-7-14(16,8-2)9-11(15)12(10(3)4)13(17-5)18-6/h10,12-13,16H,7-9H2,1-6H3. The Morgan fingerprint density at radius 3 is 1.89 bits per heavy atom. The van der Waals surface area contributed by atoms with Gasteiger partial charge in [-0.2, -0.15) is 0 Å². The van der Waals surface area contributed by atoms with Gasteiger partial charge in [-0.15, -0.1) is 0 Å². The fourth-order valence-electron chi connectivity index (χ4n) is 2.17. The van der Waals surface area contributed by atoms with Crippen LogP contribution >= 0.6 is 0 Å². The van der Waals surface area contributed by atoms with Gasteiger partial charge < -0.3 is 14.6 Å². The molecule has 0 radical (unpaired) electrons. The number of ether oxygens (including phenoxy) is 2. The lowest BCUT2D eigenvalue weighted by Crippen LogP contribution is -2.40. The molecule has 0 fully saturated rings. The molecule has 0 aromatic carbocycles. The molecule has 0 heterocycles. The summed E-state index contributed by atoms with van der Waals surface area (Å²) in [6, 6.07) is 0. The molecule has 0 amide bonds. The summed E-state index contributed by atoms with van der Waals surface area (Å²) in [5, 5.41) is 10.3. The molecular weight excluding hydrogens is 232 g/mol. The van der Waals surface area contributed by atoms with E-state index in [2.05, 4.69) is 0 Å². The van der Waals surface area contributed by atoms with Crippen molar-refractivity contribution in [3.8, 4) is 0 Å². The van der Waals surface area contributed by atoms with Crippen molar-refractivity contribution >= 4 is 5.78 Å². The van der Waals surface area contributed by atoms with E-state index in [1.807, 2.05) is 27.7 Å². The zero-order valence-corrected chi connectivity index (χ0v) is 12.5. The topological polar surface area (TPSA) is 55.8 Å². The lowest BCUT2D eigenvalue weighted by Gasteiger charge is -2.31. The van der Waals surface area contributed by atoms with Crippen LogP contribution in [0, 0.1) is 11.8 Å². The van der Waals surface area contributed by atoms with Crippen LogP contribution in [-0.4, -0.2) is 37.0 Å². The van der Waals surface area contributed by atoms with Crippen molar-refractivity contribution in [2.75, 3.05) is 14.2 Å². The molecule has 0 rings (SSSR count). The molecule has 4 heteroatoms. The lowest BCUT2D eigenvalue weighted by atomic mass is 9.82. The van der Waals surface area contributed by atoms with Gasteiger partial charge in [0.05, 0.1) is 11.5 Å². The molecule has 0 aliphatic carbocycles. The first-order valence-corrected chi connectivity index (χ1v) is 6.65. The minimum atomic E-state index is -0.906. The van der Waals surface area contributed by atoms with Crippen molar-refractivity contribution in [3.63, 3.8) is 0 Å². The maximum absolute atomic E-state index is 12.4. The van der Waals surface area contributed by atoms with Crippen LogP contribution in [0.4, 0.5) is 0 Å². The number of ketones is 1. The first-order valence-electron chi connectivity index (χ1n) is 6.65. The first kappa shape index (κ1) is 17.6. The Morgan fingerprint density at radius 2 is 1.61 bits per heavy atom. The van der Waals surface area contributed by atoms with Crippen LogP contribution in [0.5, 0.6) is 0 Å². The highest BCUT2D eigenvalue weighted by molar-refractivity contribution is 5.82. The van der Waals surface area contributed by atoms with Crippen molar-refractivity contribution in [1.82, 2.24) is 0 Å². The fourth-order valence-corrected chi connectivity index (χ4v) is 2.17. The molecule has 0 bridgehead atoms. The maximum Gasteiger partial charge on any atom is 0.166 e. The predicted octanol–water partition coefficient (Wildman–Crippen LogP) is 2.39. The molecule has 0 aromatic rings. The number of carbonyl (C=O) groups is 1. The lowest BCUT2D eigenvalue weighted by molar-refractivity contribution is -0.166. The molecule has 0 spiro atoms. The molecule has 0 aliphatic heterocycles. The summed E-state index contributed by atoms with van der Waals surface area (Å²) in [5.74, 6) is -0.227. The van der Waals surface area contributed by atoms with E-state index in [-0.39, 0.29) is 24.0 Å². The third-order valence-corrected chi connectivity index (χ3v) is 3.67. The molecule has 0 saturated carbocycles. The van der Waals surface area contributed by atoms with E-state index >= 15 is 0 Å². The Hall–Kier alpha value is -0.450. The summed E-state index contributed by atoms with van der Waals surface area (Å²) >= 11 is 0. The second-order valence-electron chi connectivity index (χ2n) is 5.18. The van der Waals surface area contributed by atoms with Crippen molar-refractivity contribution in [2.24, 2.45) is 11.8 Å². The number of carbonyl (C=O) groups excluding carboxylic acids is 1. The largest absolute Gasteiger partial charge is 0.389 e. The van der Waals surface area contributed by atoms with Crippen molar-refractivity contribution in [3.05, 3.63) is 0 Å². The number of Topliss-reactive ketones (excluding diaryl/α,β-unsaturated/α-hetero) is 1. The Balaban J connectivity index is 4.88. The molecule has 108 valence electrons. The van der Waals surface area contributed by atoms with Crippen LogP contribution in [0.3, 0.4) is 0 Å². The number of hydrogen-bond donors (Lipinski definition) is 1. The van der Waals surface area contributed by atoms with E-state index in [0.717, 1.165) is 0 Å². The van der Waals surface area contributed by atoms with Gasteiger partial charge in [-0.3, -0.25) is 4.79 Å². The van der Waals surface area contributed by atoms with Crippen LogP contribution in [0.1, 0.15) is 47.0 Å². The van der Waals surface area contributed by atoms with Gasteiger partial charge in [0.1, 0.15) is 5.78 Å². The van der Waals surface area contributed by atoms with Crippen molar-refractivity contribution < 1.29 is 19.4 Å².